The molecule has 2 amide bonds. The van der Waals surface area contributed by atoms with Crippen LogP contribution in [-0.2, 0) is 26.3 Å². The van der Waals surface area contributed by atoms with Crippen LogP contribution in [0.25, 0.3) is 11.1 Å². The van der Waals surface area contributed by atoms with Gasteiger partial charge < -0.3 is 9.64 Å². The zero-order valence-electron chi connectivity index (χ0n) is 21.1. The number of nitrogens with two attached hydrogens (primary N) is 1. The molecular weight excluding hydrogens is 552 g/mol. The number of hydrogen-bond donors (Lipinski definition) is 2. The van der Waals surface area contributed by atoms with Crippen LogP contribution in [0.15, 0.2) is 65.6 Å². The number of thioether (sulfide) groups is 1. The summed E-state index contributed by atoms with van der Waals surface area (Å²) in [5.41, 5.74) is 4.19. The Morgan fingerprint density at radius 3 is 2.38 bits per heavy atom. The number of carbonyl (C=O) groups is 2. The van der Waals surface area contributed by atoms with Crippen molar-refractivity contribution in [3.8, 4) is 16.9 Å². The number of rotatable bonds is 12. The van der Waals surface area contributed by atoms with Crippen LogP contribution in [-0.4, -0.2) is 57.3 Å². The van der Waals surface area contributed by atoms with E-state index < -0.39 is 45.8 Å². The van der Waals surface area contributed by atoms with Crippen molar-refractivity contribution in [3.05, 3.63) is 83.4 Å². The molecule has 0 aliphatic heterocycles. The molecule has 3 aromatic rings. The van der Waals surface area contributed by atoms with Crippen LogP contribution in [0.4, 0.5) is 8.78 Å². The van der Waals surface area contributed by atoms with E-state index >= 15 is 0 Å². The highest BCUT2D eigenvalue weighted by Gasteiger charge is 2.21. The third-order valence-electron chi connectivity index (χ3n) is 5.47. The van der Waals surface area contributed by atoms with Crippen LogP contribution in [0.5, 0.6) is 5.75 Å². The van der Waals surface area contributed by atoms with Crippen molar-refractivity contribution in [1.29, 1.82) is 0 Å². The van der Waals surface area contributed by atoms with Gasteiger partial charge in [0, 0.05) is 17.0 Å². The number of hydrogen-bond acceptors (Lipinski definition) is 7. The van der Waals surface area contributed by atoms with Gasteiger partial charge in [0.15, 0.2) is 11.6 Å². The van der Waals surface area contributed by atoms with Gasteiger partial charge >= 0.3 is 0 Å². The molecule has 3 aromatic carbocycles. The largest absolute Gasteiger partial charge is 0.489 e. The van der Waals surface area contributed by atoms with Gasteiger partial charge in [-0.15, -0.1) is 11.8 Å². The number of amides is 2. The Labute approximate surface area is 229 Å². The first kappa shape index (κ1) is 30.0. The lowest BCUT2D eigenvalue weighted by Gasteiger charge is -2.22. The second kappa shape index (κ2) is 13.5. The molecule has 39 heavy (non-hydrogen) atoms. The molecule has 0 atom stereocenters. The van der Waals surface area contributed by atoms with Gasteiger partial charge in [-0.1, -0.05) is 24.3 Å². The van der Waals surface area contributed by atoms with Gasteiger partial charge in [0.2, 0.25) is 10.0 Å². The van der Waals surface area contributed by atoms with Crippen molar-refractivity contribution in [2.24, 2.45) is 5.14 Å². The zero-order chi connectivity index (χ0) is 28.6. The fourth-order valence-corrected chi connectivity index (χ4v) is 4.70. The summed E-state index contributed by atoms with van der Waals surface area (Å²) >= 11 is 1.31. The molecule has 208 valence electrons. The van der Waals surface area contributed by atoms with Crippen molar-refractivity contribution < 1.29 is 36.4 Å². The molecule has 13 heteroatoms. The topological polar surface area (TPSA) is 128 Å². The summed E-state index contributed by atoms with van der Waals surface area (Å²) in [7, 11) is -2.64. The molecule has 0 fully saturated rings. The number of carbonyl (C=O) groups excluding carboxylic acids is 2. The maximum Gasteiger partial charge on any atom is 0.263 e. The Morgan fingerprint density at radius 2 is 1.74 bits per heavy atom. The number of halogens is 2. The lowest BCUT2D eigenvalue weighted by atomic mass is 10.1. The quantitative estimate of drug-likeness (QED) is 0.249. The maximum absolute atomic E-state index is 13.8. The van der Waals surface area contributed by atoms with E-state index in [9.17, 15) is 26.8 Å². The van der Waals surface area contributed by atoms with Gasteiger partial charge in [0.1, 0.15) is 18.9 Å². The van der Waals surface area contributed by atoms with Gasteiger partial charge in [0.05, 0.1) is 12.9 Å². The summed E-state index contributed by atoms with van der Waals surface area (Å²) in [5.74, 6) is -3.08. The Bertz CT molecular complexity index is 1440. The van der Waals surface area contributed by atoms with Crippen molar-refractivity contribution in [1.82, 2.24) is 10.4 Å². The average Bonchev–Trinajstić information content (AvgIpc) is 2.91. The lowest BCUT2D eigenvalue weighted by molar-refractivity contribution is -0.131. The minimum absolute atomic E-state index is 0.100. The normalized spacial score (nSPS) is 11.2. The summed E-state index contributed by atoms with van der Waals surface area (Å²) in [5, 5.41) is 5.06. The van der Waals surface area contributed by atoms with Crippen molar-refractivity contribution in [3.63, 3.8) is 0 Å². The number of sulfonamides is 1. The highest BCUT2D eigenvalue weighted by molar-refractivity contribution is 7.98. The molecule has 0 saturated heterocycles. The molecular formula is C26H27F2N3O6S2. The predicted molar refractivity (Wildman–Crippen MR) is 143 cm³/mol. The summed E-state index contributed by atoms with van der Waals surface area (Å²) in [6.07, 6.45) is 1.78. The fraction of sp³-hybridized carbons (Fsp3) is 0.231. The van der Waals surface area contributed by atoms with Crippen LogP contribution in [0, 0.1) is 11.6 Å². The summed E-state index contributed by atoms with van der Waals surface area (Å²) in [4.78, 5) is 31.2. The van der Waals surface area contributed by atoms with Gasteiger partial charge in [-0.05, 0) is 59.3 Å². The minimum Gasteiger partial charge on any atom is -0.489 e. The Kier molecular flexibility index (Phi) is 10.4. The lowest BCUT2D eigenvalue weighted by Crippen LogP contribution is -2.43. The van der Waals surface area contributed by atoms with Crippen molar-refractivity contribution in [2.75, 3.05) is 32.2 Å². The van der Waals surface area contributed by atoms with Crippen molar-refractivity contribution in [2.45, 2.75) is 11.5 Å². The number of benzene rings is 3. The molecule has 0 radical (unpaired) electrons. The van der Waals surface area contributed by atoms with Crippen LogP contribution >= 0.6 is 11.8 Å². The summed E-state index contributed by atoms with van der Waals surface area (Å²) in [6.45, 7) is -0.632. The molecule has 0 heterocycles. The summed E-state index contributed by atoms with van der Waals surface area (Å²) in [6, 6.07) is 15.6. The molecule has 3 N–H and O–H groups in total. The molecule has 0 saturated carbocycles. The standard InChI is InChI=1S/C26H27F2N3O6S2/c1-36-30-25(32)15-31(10-11-39(29,34)35)26(33)19-5-3-4-17(12-19)16-37-20-8-6-18(7-9-20)21-13-22(27)23(28)14-24(21)38-2/h3-9,12-14H,10-11,15-16H2,1-2H3,(H,30,32)(H2,29,34,35). The summed E-state index contributed by atoms with van der Waals surface area (Å²) < 4.78 is 56.0. The second-order valence-electron chi connectivity index (χ2n) is 8.30. The van der Waals surface area contributed by atoms with E-state index in [0.29, 0.717) is 27.3 Å². The van der Waals surface area contributed by atoms with Crippen LogP contribution in [0.2, 0.25) is 0 Å². The molecule has 0 unspecified atom stereocenters. The van der Waals surface area contributed by atoms with Crippen LogP contribution in [0.1, 0.15) is 15.9 Å². The third-order valence-corrected chi connectivity index (χ3v) is 7.00. The SMILES string of the molecule is CONC(=O)CN(CCS(N)(=O)=O)C(=O)c1cccc(COc2ccc(-c3cc(F)c(F)cc3SC)cc2)c1. The van der Waals surface area contributed by atoms with E-state index in [2.05, 4.69) is 10.3 Å². The van der Waals surface area contributed by atoms with Crippen LogP contribution in [0.3, 0.4) is 0 Å². The van der Waals surface area contributed by atoms with E-state index in [0.717, 1.165) is 17.0 Å². The highest BCUT2D eigenvalue weighted by Crippen LogP contribution is 2.33. The molecule has 9 nitrogen and oxygen atoms in total. The Hall–Kier alpha value is -3.52. The smallest absolute Gasteiger partial charge is 0.263 e. The van der Waals surface area contributed by atoms with E-state index in [-0.39, 0.29) is 18.7 Å². The van der Waals surface area contributed by atoms with Crippen molar-refractivity contribution >= 4 is 33.6 Å². The molecule has 0 bridgehead atoms. The van der Waals surface area contributed by atoms with Gasteiger partial charge in [-0.2, -0.15) is 0 Å². The van der Waals surface area contributed by atoms with Gasteiger partial charge in [0.25, 0.3) is 11.8 Å². The first-order valence-electron chi connectivity index (χ1n) is 11.5. The van der Waals surface area contributed by atoms with E-state index in [1.54, 1.807) is 48.7 Å². The number of nitrogens with zero attached hydrogens (tertiary/aromatic N) is 1. The first-order chi connectivity index (χ1) is 18.5. The second-order valence-corrected chi connectivity index (χ2v) is 10.9. The predicted octanol–water partition coefficient (Wildman–Crippen LogP) is 3.34. The number of ether oxygens (including phenoxy) is 1. The molecule has 0 aromatic heterocycles. The number of nitrogens with one attached hydrogen (secondary N) is 1. The number of hydroxylamine groups is 1. The Morgan fingerprint density at radius 1 is 1.05 bits per heavy atom. The molecule has 0 aliphatic rings. The number of primary sulfonamides is 1. The molecule has 0 spiro atoms. The third kappa shape index (κ3) is 8.75. The monoisotopic (exact) mass is 579 g/mol. The van der Waals surface area contributed by atoms with Gasteiger partial charge in [-0.3, -0.25) is 14.4 Å². The van der Waals surface area contributed by atoms with Gasteiger partial charge in [-0.25, -0.2) is 27.8 Å². The fourth-order valence-electron chi connectivity index (χ4n) is 3.61. The average molecular weight is 580 g/mol. The van der Waals surface area contributed by atoms with E-state index in [1.807, 2.05) is 0 Å². The zero-order valence-corrected chi connectivity index (χ0v) is 22.8. The molecule has 3 rings (SSSR count). The maximum atomic E-state index is 13.8. The van der Waals surface area contributed by atoms with E-state index in [1.165, 1.54) is 24.9 Å². The Balaban J connectivity index is 1.71. The first-order valence-corrected chi connectivity index (χ1v) is 14.4. The van der Waals surface area contributed by atoms with Crippen LogP contribution < -0.4 is 15.4 Å². The molecule has 0 aliphatic carbocycles. The highest BCUT2D eigenvalue weighted by atomic mass is 32.2. The van der Waals surface area contributed by atoms with E-state index in [4.69, 9.17) is 9.88 Å². The minimum atomic E-state index is -3.87.